The predicted molar refractivity (Wildman–Crippen MR) is 54.9 cm³/mol. The van der Waals surface area contributed by atoms with Gasteiger partial charge in [-0.2, -0.15) is 0 Å². The minimum Gasteiger partial charge on any atom is -0.463 e. The molecule has 0 aliphatic carbocycles. The van der Waals surface area contributed by atoms with Gasteiger partial charge in [0.25, 0.3) is 0 Å². The summed E-state index contributed by atoms with van der Waals surface area (Å²) in [7, 11) is 1.30. The van der Waals surface area contributed by atoms with Crippen LogP contribution in [0, 0.1) is 0 Å². The molecule has 7 heteroatoms. The van der Waals surface area contributed by atoms with E-state index in [-0.39, 0.29) is 13.0 Å². The number of carbonyl (C=O) groups excluding carboxylic acids is 1. The molecular weight excluding hydrogens is 232 g/mol. The van der Waals surface area contributed by atoms with Gasteiger partial charge in [0.1, 0.15) is 31.0 Å². The smallest absolute Gasteiger partial charge is 0.305 e. The number of hydrogen-bond donors (Lipinski definition) is 3. The molecule has 0 aromatic rings. The Labute approximate surface area is 98.9 Å². The Bertz CT molecular complexity index is 255. The van der Waals surface area contributed by atoms with E-state index in [4.69, 9.17) is 14.2 Å². The second-order valence-electron chi connectivity index (χ2n) is 3.79. The Hall–Kier alpha value is -0.730. The molecule has 1 aliphatic rings. The van der Waals surface area contributed by atoms with Crippen LogP contribution in [0.4, 0.5) is 0 Å². The highest BCUT2D eigenvalue weighted by molar-refractivity contribution is 5.68. The summed E-state index contributed by atoms with van der Waals surface area (Å²) in [5, 5.41) is 28.6. The van der Waals surface area contributed by atoms with E-state index in [1.165, 1.54) is 7.11 Å². The SMILES string of the molecule is CCC(=O)OC[C@H]1O[C@@H](OC)[C@H](O)[C@@H](O)[C@@H]1O. The molecule has 17 heavy (non-hydrogen) atoms. The van der Waals surface area contributed by atoms with Crippen LogP contribution in [0.2, 0.25) is 0 Å². The topological polar surface area (TPSA) is 105 Å². The summed E-state index contributed by atoms with van der Waals surface area (Å²) in [6.07, 6.45) is -5.84. The fourth-order valence-corrected chi connectivity index (χ4v) is 1.53. The molecule has 1 saturated heterocycles. The zero-order chi connectivity index (χ0) is 13.0. The zero-order valence-corrected chi connectivity index (χ0v) is 9.78. The number of hydrogen-bond acceptors (Lipinski definition) is 7. The van der Waals surface area contributed by atoms with Gasteiger partial charge in [-0.1, -0.05) is 6.92 Å². The third-order valence-corrected chi connectivity index (χ3v) is 2.60. The maximum absolute atomic E-state index is 11.0. The highest BCUT2D eigenvalue weighted by atomic mass is 16.7. The molecule has 1 fully saturated rings. The lowest BCUT2D eigenvalue weighted by atomic mass is 9.99. The van der Waals surface area contributed by atoms with Crippen molar-refractivity contribution in [2.45, 2.75) is 44.1 Å². The first-order chi connectivity index (χ1) is 8.01. The van der Waals surface area contributed by atoms with Crippen molar-refractivity contribution in [3.05, 3.63) is 0 Å². The van der Waals surface area contributed by atoms with E-state index in [0.29, 0.717) is 0 Å². The van der Waals surface area contributed by atoms with E-state index in [9.17, 15) is 20.1 Å². The van der Waals surface area contributed by atoms with Crippen molar-refractivity contribution in [3.63, 3.8) is 0 Å². The van der Waals surface area contributed by atoms with Gasteiger partial charge in [0.15, 0.2) is 6.29 Å². The lowest BCUT2D eigenvalue weighted by Crippen LogP contribution is -2.59. The maximum atomic E-state index is 11.0. The first-order valence-corrected chi connectivity index (χ1v) is 5.39. The third kappa shape index (κ3) is 3.36. The maximum Gasteiger partial charge on any atom is 0.305 e. The lowest BCUT2D eigenvalue weighted by Gasteiger charge is -2.39. The molecule has 0 amide bonds. The summed E-state index contributed by atoms with van der Waals surface area (Å²) in [6.45, 7) is 1.44. The molecule has 0 bridgehead atoms. The molecule has 0 saturated carbocycles. The summed E-state index contributed by atoms with van der Waals surface area (Å²) in [4.78, 5) is 11.0. The summed E-state index contributed by atoms with van der Waals surface area (Å²) >= 11 is 0. The fourth-order valence-electron chi connectivity index (χ4n) is 1.53. The second-order valence-corrected chi connectivity index (χ2v) is 3.79. The largest absolute Gasteiger partial charge is 0.463 e. The predicted octanol–water partition coefficient (Wildman–Crippen LogP) is -1.61. The average Bonchev–Trinajstić information content (AvgIpc) is 2.34. The number of methoxy groups -OCH3 is 1. The highest BCUT2D eigenvalue weighted by Gasteiger charge is 2.44. The summed E-state index contributed by atoms with van der Waals surface area (Å²) in [6, 6.07) is 0. The number of aliphatic hydroxyl groups is 3. The Morgan fingerprint density at radius 2 is 1.88 bits per heavy atom. The normalized spacial score (nSPS) is 37.8. The summed E-state index contributed by atoms with van der Waals surface area (Å²) in [5.41, 5.74) is 0. The van der Waals surface area contributed by atoms with Crippen LogP contribution in [0.1, 0.15) is 13.3 Å². The van der Waals surface area contributed by atoms with Gasteiger partial charge in [0, 0.05) is 13.5 Å². The van der Waals surface area contributed by atoms with Crippen LogP contribution in [-0.4, -0.2) is 65.7 Å². The Balaban J connectivity index is 2.56. The molecule has 100 valence electrons. The Morgan fingerprint density at radius 1 is 1.24 bits per heavy atom. The molecule has 0 aromatic carbocycles. The van der Waals surface area contributed by atoms with Crippen LogP contribution in [0.3, 0.4) is 0 Å². The van der Waals surface area contributed by atoms with Crippen molar-refractivity contribution in [3.8, 4) is 0 Å². The van der Waals surface area contributed by atoms with E-state index < -0.39 is 36.7 Å². The Morgan fingerprint density at radius 3 is 2.41 bits per heavy atom. The fraction of sp³-hybridized carbons (Fsp3) is 0.900. The van der Waals surface area contributed by atoms with Gasteiger partial charge in [0.05, 0.1) is 0 Å². The number of esters is 1. The molecule has 0 unspecified atom stereocenters. The second kappa shape index (κ2) is 6.27. The zero-order valence-electron chi connectivity index (χ0n) is 9.78. The van der Waals surface area contributed by atoms with Gasteiger partial charge < -0.3 is 29.5 Å². The van der Waals surface area contributed by atoms with Gasteiger partial charge in [0.2, 0.25) is 0 Å². The molecule has 5 atom stereocenters. The molecular formula is C10H18O7. The minimum absolute atomic E-state index is 0.197. The van der Waals surface area contributed by atoms with Crippen LogP contribution in [0.5, 0.6) is 0 Å². The van der Waals surface area contributed by atoms with Gasteiger partial charge in [-0.25, -0.2) is 0 Å². The van der Waals surface area contributed by atoms with Gasteiger partial charge in [-0.3, -0.25) is 4.79 Å². The lowest BCUT2D eigenvalue weighted by molar-refractivity contribution is -0.295. The van der Waals surface area contributed by atoms with E-state index in [2.05, 4.69) is 0 Å². The minimum atomic E-state index is -1.40. The van der Waals surface area contributed by atoms with Crippen LogP contribution in [0.25, 0.3) is 0 Å². The van der Waals surface area contributed by atoms with Crippen molar-refractivity contribution in [1.82, 2.24) is 0 Å². The van der Waals surface area contributed by atoms with Crippen molar-refractivity contribution in [2.75, 3.05) is 13.7 Å². The number of ether oxygens (including phenoxy) is 3. The molecule has 0 spiro atoms. The summed E-state index contributed by atoms with van der Waals surface area (Å²) in [5.74, 6) is -0.435. The van der Waals surface area contributed by atoms with Crippen molar-refractivity contribution in [2.24, 2.45) is 0 Å². The van der Waals surface area contributed by atoms with E-state index in [1.54, 1.807) is 6.92 Å². The van der Waals surface area contributed by atoms with Crippen LogP contribution in [0.15, 0.2) is 0 Å². The third-order valence-electron chi connectivity index (χ3n) is 2.60. The molecule has 1 aliphatic heterocycles. The average molecular weight is 250 g/mol. The number of aliphatic hydroxyl groups excluding tert-OH is 3. The monoisotopic (exact) mass is 250 g/mol. The first kappa shape index (κ1) is 14.3. The van der Waals surface area contributed by atoms with Crippen molar-refractivity contribution in [1.29, 1.82) is 0 Å². The summed E-state index contributed by atoms with van der Waals surface area (Å²) < 4.78 is 14.8. The first-order valence-electron chi connectivity index (χ1n) is 5.39. The van der Waals surface area contributed by atoms with Crippen LogP contribution < -0.4 is 0 Å². The van der Waals surface area contributed by atoms with Gasteiger partial charge >= 0.3 is 5.97 Å². The number of rotatable bonds is 4. The highest BCUT2D eigenvalue weighted by Crippen LogP contribution is 2.21. The van der Waals surface area contributed by atoms with Gasteiger partial charge in [-0.15, -0.1) is 0 Å². The van der Waals surface area contributed by atoms with E-state index in [0.717, 1.165) is 0 Å². The van der Waals surface area contributed by atoms with Crippen molar-refractivity contribution < 1.29 is 34.3 Å². The van der Waals surface area contributed by atoms with Crippen LogP contribution >= 0.6 is 0 Å². The van der Waals surface area contributed by atoms with Crippen LogP contribution in [-0.2, 0) is 19.0 Å². The van der Waals surface area contributed by atoms with Crippen molar-refractivity contribution >= 4 is 5.97 Å². The molecule has 0 aromatic heterocycles. The molecule has 3 N–H and O–H groups in total. The van der Waals surface area contributed by atoms with E-state index in [1.807, 2.05) is 0 Å². The Kier molecular flexibility index (Phi) is 5.29. The molecule has 7 nitrogen and oxygen atoms in total. The molecule has 1 heterocycles. The number of carbonyl (C=O) groups is 1. The quantitative estimate of drug-likeness (QED) is 0.516. The van der Waals surface area contributed by atoms with E-state index >= 15 is 0 Å². The van der Waals surface area contributed by atoms with Gasteiger partial charge in [-0.05, 0) is 0 Å². The standard InChI is InChI=1S/C10H18O7/c1-3-6(11)16-4-5-7(12)8(13)9(14)10(15-2)17-5/h5,7-10,12-14H,3-4H2,1-2H3/t5-,7-,8+,9-,10-/m1/s1. The molecule has 1 rings (SSSR count). The molecule has 0 radical (unpaired) electrons.